The zero-order chi connectivity index (χ0) is 13.1. The summed E-state index contributed by atoms with van der Waals surface area (Å²) in [6.45, 7) is 0. The van der Waals surface area contributed by atoms with E-state index >= 15 is 0 Å². The second kappa shape index (κ2) is 5.55. The molecule has 1 aromatic rings. The minimum Gasteiger partial charge on any atom is -0.294 e. The van der Waals surface area contributed by atoms with E-state index < -0.39 is 17.5 Å². The Labute approximate surface area is 104 Å². The first-order chi connectivity index (χ1) is 8.58. The van der Waals surface area contributed by atoms with Crippen LogP contribution in [0.3, 0.4) is 0 Å². The summed E-state index contributed by atoms with van der Waals surface area (Å²) < 4.78 is 38.8. The quantitative estimate of drug-likeness (QED) is 0.583. The highest BCUT2D eigenvalue weighted by Crippen LogP contribution is 2.28. The van der Waals surface area contributed by atoms with Crippen LogP contribution in [-0.4, -0.2) is 5.78 Å². The normalized spacial score (nSPS) is 16.8. The van der Waals surface area contributed by atoms with Gasteiger partial charge in [-0.25, -0.2) is 13.2 Å². The molecule has 0 unspecified atom stereocenters. The fourth-order valence-electron chi connectivity index (χ4n) is 2.49. The zero-order valence-corrected chi connectivity index (χ0v) is 10.0. The van der Waals surface area contributed by atoms with Crippen LogP contribution in [0.5, 0.6) is 0 Å². The summed E-state index contributed by atoms with van der Waals surface area (Å²) in [5.41, 5.74) is -0.0722. The largest absolute Gasteiger partial charge is 0.294 e. The van der Waals surface area contributed by atoms with Crippen LogP contribution >= 0.6 is 0 Å². The van der Waals surface area contributed by atoms with Gasteiger partial charge in [0.25, 0.3) is 0 Å². The molecule has 2 rings (SSSR count). The second-order valence-electron chi connectivity index (χ2n) is 4.89. The first-order valence-corrected chi connectivity index (χ1v) is 6.25. The smallest absolute Gasteiger partial charge is 0.194 e. The van der Waals surface area contributed by atoms with Crippen molar-refractivity contribution < 1.29 is 18.0 Å². The minimum atomic E-state index is -1.52. The lowest BCUT2D eigenvalue weighted by Crippen LogP contribution is -2.13. The van der Waals surface area contributed by atoms with Gasteiger partial charge in [-0.15, -0.1) is 0 Å². The lowest BCUT2D eigenvalue weighted by Gasteiger charge is -2.20. The molecule has 4 heteroatoms. The van der Waals surface area contributed by atoms with E-state index in [-0.39, 0.29) is 11.3 Å². The standard InChI is InChI=1S/C14H15F3O/c15-11-7-10(8-12(16)14(11)17)13(18)6-9-4-2-1-3-5-9/h7-9H,1-6H2. The van der Waals surface area contributed by atoms with E-state index in [2.05, 4.69) is 0 Å². The Morgan fingerprint density at radius 1 is 1.06 bits per heavy atom. The van der Waals surface area contributed by atoms with E-state index in [1.54, 1.807) is 0 Å². The summed E-state index contributed by atoms with van der Waals surface area (Å²) >= 11 is 0. The Balaban J connectivity index is 2.08. The molecule has 1 fully saturated rings. The molecule has 0 aliphatic heterocycles. The molecule has 0 N–H and O–H groups in total. The Bertz CT molecular complexity index is 427. The van der Waals surface area contributed by atoms with Crippen molar-refractivity contribution in [2.45, 2.75) is 38.5 Å². The molecular formula is C14H15F3O. The van der Waals surface area contributed by atoms with E-state index in [1.165, 1.54) is 6.42 Å². The van der Waals surface area contributed by atoms with Gasteiger partial charge < -0.3 is 0 Å². The number of halogens is 3. The summed E-state index contributed by atoms with van der Waals surface area (Å²) in [4.78, 5) is 11.9. The summed E-state index contributed by atoms with van der Waals surface area (Å²) in [6.07, 6.45) is 5.65. The van der Waals surface area contributed by atoms with Gasteiger partial charge in [-0.3, -0.25) is 4.79 Å². The molecular weight excluding hydrogens is 241 g/mol. The predicted molar refractivity (Wildman–Crippen MR) is 61.8 cm³/mol. The summed E-state index contributed by atoms with van der Waals surface area (Å²) in [5.74, 6) is -4.14. The third kappa shape index (κ3) is 2.92. The van der Waals surface area contributed by atoms with Crippen molar-refractivity contribution in [3.05, 3.63) is 35.1 Å². The topological polar surface area (TPSA) is 17.1 Å². The third-order valence-electron chi connectivity index (χ3n) is 3.50. The molecule has 1 saturated carbocycles. The maximum Gasteiger partial charge on any atom is 0.194 e. The van der Waals surface area contributed by atoms with Crippen LogP contribution in [0.2, 0.25) is 0 Å². The van der Waals surface area contributed by atoms with Crippen LogP contribution < -0.4 is 0 Å². The molecule has 1 aliphatic rings. The number of rotatable bonds is 3. The average molecular weight is 256 g/mol. The molecule has 1 aliphatic carbocycles. The highest BCUT2D eigenvalue weighted by Gasteiger charge is 2.20. The van der Waals surface area contributed by atoms with Crippen LogP contribution in [0.25, 0.3) is 0 Å². The molecule has 0 radical (unpaired) electrons. The minimum absolute atomic E-state index is 0.0722. The van der Waals surface area contributed by atoms with Gasteiger partial charge in [-0.1, -0.05) is 32.1 Å². The third-order valence-corrected chi connectivity index (χ3v) is 3.50. The van der Waals surface area contributed by atoms with Crippen molar-refractivity contribution in [3.8, 4) is 0 Å². The molecule has 1 aromatic carbocycles. The molecule has 1 nitrogen and oxygen atoms in total. The predicted octanol–water partition coefficient (Wildman–Crippen LogP) is 4.26. The van der Waals surface area contributed by atoms with Crippen molar-refractivity contribution in [1.82, 2.24) is 0 Å². The molecule has 0 heterocycles. The number of hydrogen-bond donors (Lipinski definition) is 0. The van der Waals surface area contributed by atoms with Crippen LogP contribution in [-0.2, 0) is 0 Å². The number of hydrogen-bond acceptors (Lipinski definition) is 1. The molecule has 0 saturated heterocycles. The number of ketones is 1. The van der Waals surface area contributed by atoms with Gasteiger partial charge in [0.05, 0.1) is 0 Å². The second-order valence-corrected chi connectivity index (χ2v) is 4.89. The number of Topliss-reactive ketones (excluding diaryl/α,β-unsaturated/α-hetero) is 1. The maximum absolute atomic E-state index is 13.0. The molecule has 18 heavy (non-hydrogen) atoms. The van der Waals surface area contributed by atoms with Gasteiger partial charge in [0.2, 0.25) is 0 Å². The average Bonchev–Trinajstić information content (AvgIpc) is 2.36. The first kappa shape index (κ1) is 13.1. The Kier molecular flexibility index (Phi) is 4.04. The van der Waals surface area contributed by atoms with Crippen LogP contribution in [0, 0.1) is 23.4 Å². The molecule has 0 amide bonds. The van der Waals surface area contributed by atoms with Gasteiger partial charge in [-0.2, -0.15) is 0 Å². The first-order valence-electron chi connectivity index (χ1n) is 6.25. The summed E-state index contributed by atoms with van der Waals surface area (Å²) in [7, 11) is 0. The Hall–Kier alpha value is -1.32. The SMILES string of the molecule is O=C(CC1CCCCC1)c1cc(F)c(F)c(F)c1. The lowest BCUT2D eigenvalue weighted by molar-refractivity contribution is 0.0949. The van der Waals surface area contributed by atoms with Crippen molar-refractivity contribution in [1.29, 1.82) is 0 Å². The van der Waals surface area contributed by atoms with Gasteiger partial charge in [0.15, 0.2) is 23.2 Å². The fraction of sp³-hybridized carbons (Fsp3) is 0.500. The van der Waals surface area contributed by atoms with Gasteiger partial charge >= 0.3 is 0 Å². The van der Waals surface area contributed by atoms with E-state index in [9.17, 15) is 18.0 Å². The maximum atomic E-state index is 13.0. The molecule has 0 spiro atoms. The summed E-state index contributed by atoms with van der Waals surface area (Å²) in [6, 6.07) is 1.56. The number of carbonyl (C=O) groups excluding carboxylic acids is 1. The monoisotopic (exact) mass is 256 g/mol. The van der Waals surface area contributed by atoms with Crippen LogP contribution in [0.15, 0.2) is 12.1 Å². The fourth-order valence-corrected chi connectivity index (χ4v) is 2.49. The lowest BCUT2D eigenvalue weighted by atomic mass is 9.85. The van der Waals surface area contributed by atoms with Crippen LogP contribution in [0.4, 0.5) is 13.2 Å². The van der Waals surface area contributed by atoms with E-state index in [4.69, 9.17) is 0 Å². The molecule has 0 bridgehead atoms. The Morgan fingerprint density at radius 3 is 2.17 bits per heavy atom. The van der Waals surface area contributed by atoms with Crippen molar-refractivity contribution in [2.75, 3.05) is 0 Å². The summed E-state index contributed by atoms with van der Waals surface area (Å²) in [5, 5.41) is 0. The van der Waals surface area contributed by atoms with E-state index in [1.807, 2.05) is 0 Å². The van der Waals surface area contributed by atoms with Crippen molar-refractivity contribution in [3.63, 3.8) is 0 Å². The molecule has 98 valence electrons. The van der Waals surface area contributed by atoms with Crippen molar-refractivity contribution in [2.24, 2.45) is 5.92 Å². The van der Waals surface area contributed by atoms with Gasteiger partial charge in [-0.05, 0) is 18.1 Å². The van der Waals surface area contributed by atoms with Crippen molar-refractivity contribution >= 4 is 5.78 Å². The van der Waals surface area contributed by atoms with Crippen LogP contribution in [0.1, 0.15) is 48.9 Å². The van der Waals surface area contributed by atoms with Gasteiger partial charge in [0.1, 0.15) is 0 Å². The number of carbonyl (C=O) groups is 1. The molecule has 0 atom stereocenters. The Morgan fingerprint density at radius 2 is 1.61 bits per heavy atom. The highest BCUT2D eigenvalue weighted by atomic mass is 19.2. The van der Waals surface area contributed by atoms with Gasteiger partial charge in [0, 0.05) is 12.0 Å². The zero-order valence-electron chi connectivity index (χ0n) is 10.0. The van der Waals surface area contributed by atoms with E-state index in [0.29, 0.717) is 12.3 Å². The van der Waals surface area contributed by atoms with E-state index in [0.717, 1.165) is 37.8 Å². The molecule has 0 aromatic heterocycles. The number of benzene rings is 1. The highest BCUT2D eigenvalue weighted by molar-refractivity contribution is 5.96.